The molecule has 0 spiro atoms. The van der Waals surface area contributed by atoms with Crippen molar-refractivity contribution in [2.75, 3.05) is 0 Å². The van der Waals surface area contributed by atoms with Crippen LogP contribution in [-0.2, 0) is 0 Å². The van der Waals surface area contributed by atoms with Crippen LogP contribution in [0.4, 0.5) is 0 Å². The molecule has 0 aliphatic heterocycles. The quantitative estimate of drug-likeness (QED) is 0.208. The number of hydrogen-bond donors (Lipinski definition) is 0. The predicted molar refractivity (Wildman–Crippen MR) is 185 cm³/mol. The lowest BCUT2D eigenvalue weighted by molar-refractivity contribution is 1.03. The summed E-state index contributed by atoms with van der Waals surface area (Å²) in [4.78, 5) is 10.3. The first-order chi connectivity index (χ1) is 21.8. The fourth-order valence-corrected chi connectivity index (χ4v) is 7.89. The van der Waals surface area contributed by atoms with E-state index in [9.17, 15) is 0 Å². The maximum absolute atomic E-state index is 5.22. The fraction of sp³-hybridized carbons (Fsp3) is 0.0500. The highest BCUT2D eigenvalue weighted by Gasteiger charge is 2.20. The Kier molecular flexibility index (Phi) is 5.81. The second kappa shape index (κ2) is 10.1. The second-order valence-corrected chi connectivity index (χ2v) is 12.3. The SMILES string of the molecule is C1=c2c(n(-c3cccc4c3sc3ccccc34)c3cccc(-c4cc(-c5ccccc5)nc(-c5ccccc5)n4)c23)=CCC1. The maximum Gasteiger partial charge on any atom is 0.160 e. The summed E-state index contributed by atoms with van der Waals surface area (Å²) in [5.41, 5.74) is 7.51. The van der Waals surface area contributed by atoms with E-state index < -0.39 is 0 Å². The van der Waals surface area contributed by atoms with Gasteiger partial charge in [-0.3, -0.25) is 0 Å². The molecule has 1 aliphatic rings. The number of aromatic nitrogens is 3. The van der Waals surface area contributed by atoms with Crippen molar-refractivity contribution in [3.05, 3.63) is 138 Å². The van der Waals surface area contributed by atoms with E-state index in [1.807, 2.05) is 35.6 Å². The fourth-order valence-electron chi connectivity index (χ4n) is 6.68. The van der Waals surface area contributed by atoms with E-state index in [1.54, 1.807) is 0 Å². The van der Waals surface area contributed by atoms with Crippen LogP contribution in [0.15, 0.2) is 127 Å². The Morgan fingerprint density at radius 3 is 2.16 bits per heavy atom. The van der Waals surface area contributed by atoms with Crippen molar-refractivity contribution in [3.8, 4) is 39.6 Å². The molecule has 0 radical (unpaired) electrons. The van der Waals surface area contributed by atoms with E-state index >= 15 is 0 Å². The Morgan fingerprint density at radius 1 is 0.591 bits per heavy atom. The normalized spacial score (nSPS) is 12.7. The molecule has 0 saturated carbocycles. The van der Waals surface area contributed by atoms with Crippen molar-refractivity contribution in [2.24, 2.45) is 0 Å². The summed E-state index contributed by atoms with van der Waals surface area (Å²) in [6, 6.07) is 45.0. The van der Waals surface area contributed by atoms with Crippen LogP contribution in [0.2, 0.25) is 0 Å². The summed E-state index contributed by atoms with van der Waals surface area (Å²) in [7, 11) is 0. The lowest BCUT2D eigenvalue weighted by Crippen LogP contribution is -2.30. The number of fused-ring (bicyclic) bond motifs is 6. The topological polar surface area (TPSA) is 30.7 Å². The van der Waals surface area contributed by atoms with Gasteiger partial charge in [0.1, 0.15) is 0 Å². The molecule has 0 atom stereocenters. The molecular weight excluding hydrogens is 555 g/mol. The van der Waals surface area contributed by atoms with Gasteiger partial charge in [-0.15, -0.1) is 11.3 Å². The van der Waals surface area contributed by atoms with Crippen molar-refractivity contribution in [1.82, 2.24) is 14.5 Å². The molecule has 8 aromatic rings. The van der Waals surface area contributed by atoms with E-state index in [0.29, 0.717) is 0 Å². The smallest absolute Gasteiger partial charge is 0.160 e. The van der Waals surface area contributed by atoms with Gasteiger partial charge in [-0.1, -0.05) is 115 Å². The molecule has 4 heteroatoms. The van der Waals surface area contributed by atoms with Gasteiger partial charge in [-0.05, 0) is 37.1 Å². The highest BCUT2D eigenvalue weighted by atomic mass is 32.1. The Bertz CT molecular complexity index is 2430. The lowest BCUT2D eigenvalue weighted by atomic mass is 10.0. The van der Waals surface area contributed by atoms with E-state index in [1.165, 1.54) is 47.3 Å². The van der Waals surface area contributed by atoms with Gasteiger partial charge in [-0.2, -0.15) is 0 Å². The van der Waals surface area contributed by atoms with Crippen LogP contribution < -0.4 is 10.6 Å². The van der Waals surface area contributed by atoms with Crippen LogP contribution in [0.3, 0.4) is 0 Å². The van der Waals surface area contributed by atoms with Gasteiger partial charge in [-0.25, -0.2) is 9.97 Å². The number of thiophene rings is 1. The number of rotatable bonds is 4. The molecule has 44 heavy (non-hydrogen) atoms. The zero-order chi connectivity index (χ0) is 29.0. The summed E-state index contributed by atoms with van der Waals surface area (Å²) in [6.07, 6.45) is 6.89. The average Bonchev–Trinajstić information content (AvgIpc) is 3.65. The van der Waals surface area contributed by atoms with E-state index in [4.69, 9.17) is 9.97 Å². The van der Waals surface area contributed by atoms with E-state index in [0.717, 1.165) is 46.7 Å². The Balaban J connectivity index is 1.35. The molecule has 0 bridgehead atoms. The van der Waals surface area contributed by atoms with Gasteiger partial charge in [0.05, 0.1) is 27.3 Å². The summed E-state index contributed by atoms with van der Waals surface area (Å²) in [6.45, 7) is 0. The van der Waals surface area contributed by atoms with Crippen LogP contribution in [0.1, 0.15) is 12.8 Å². The second-order valence-electron chi connectivity index (χ2n) is 11.3. The Labute approximate surface area is 258 Å². The molecule has 3 aromatic heterocycles. The number of nitrogens with zero attached hydrogens (tertiary/aromatic N) is 3. The largest absolute Gasteiger partial charge is 0.308 e. The Morgan fingerprint density at radius 2 is 1.30 bits per heavy atom. The first-order valence-electron chi connectivity index (χ1n) is 15.1. The predicted octanol–water partition coefficient (Wildman–Crippen LogP) is 9.14. The first kappa shape index (κ1) is 25.2. The Hall–Kier alpha value is -5.32. The third-order valence-electron chi connectivity index (χ3n) is 8.65. The molecule has 3 heterocycles. The van der Waals surface area contributed by atoms with Gasteiger partial charge in [0, 0.05) is 48.1 Å². The summed E-state index contributed by atoms with van der Waals surface area (Å²) in [5.74, 6) is 0.734. The van der Waals surface area contributed by atoms with Crippen LogP contribution >= 0.6 is 11.3 Å². The first-order valence-corrected chi connectivity index (χ1v) is 15.9. The van der Waals surface area contributed by atoms with Gasteiger partial charge < -0.3 is 4.57 Å². The summed E-state index contributed by atoms with van der Waals surface area (Å²) in [5, 5.41) is 6.43. The van der Waals surface area contributed by atoms with Crippen LogP contribution in [0.5, 0.6) is 0 Å². The highest BCUT2D eigenvalue weighted by Crippen LogP contribution is 2.38. The van der Waals surface area contributed by atoms with Gasteiger partial charge in [0.15, 0.2) is 5.82 Å². The maximum atomic E-state index is 5.22. The zero-order valence-electron chi connectivity index (χ0n) is 23.9. The number of benzene rings is 5. The zero-order valence-corrected chi connectivity index (χ0v) is 24.8. The molecule has 0 saturated heterocycles. The average molecular weight is 582 g/mol. The molecule has 1 aliphatic carbocycles. The molecule has 5 aromatic carbocycles. The molecule has 3 nitrogen and oxygen atoms in total. The lowest BCUT2D eigenvalue weighted by Gasteiger charge is -2.11. The van der Waals surface area contributed by atoms with Crippen LogP contribution in [0.25, 0.3) is 82.8 Å². The van der Waals surface area contributed by atoms with Gasteiger partial charge in [0.25, 0.3) is 0 Å². The summed E-state index contributed by atoms with van der Waals surface area (Å²) >= 11 is 1.88. The van der Waals surface area contributed by atoms with Crippen molar-refractivity contribution >= 4 is 54.6 Å². The highest BCUT2D eigenvalue weighted by molar-refractivity contribution is 7.26. The molecule has 0 N–H and O–H groups in total. The van der Waals surface area contributed by atoms with Crippen LogP contribution in [0, 0.1) is 0 Å². The molecule has 0 unspecified atom stereocenters. The minimum atomic E-state index is 0.734. The van der Waals surface area contributed by atoms with Crippen molar-refractivity contribution in [3.63, 3.8) is 0 Å². The van der Waals surface area contributed by atoms with Crippen molar-refractivity contribution in [2.45, 2.75) is 12.8 Å². The van der Waals surface area contributed by atoms with Crippen LogP contribution in [-0.4, -0.2) is 14.5 Å². The van der Waals surface area contributed by atoms with Gasteiger partial charge in [0.2, 0.25) is 0 Å². The van der Waals surface area contributed by atoms with Gasteiger partial charge >= 0.3 is 0 Å². The molecule has 9 rings (SSSR count). The minimum Gasteiger partial charge on any atom is -0.308 e. The minimum absolute atomic E-state index is 0.734. The molecule has 208 valence electrons. The van der Waals surface area contributed by atoms with Crippen molar-refractivity contribution in [1.29, 1.82) is 0 Å². The molecular formula is C40H27N3S. The number of hydrogen-bond acceptors (Lipinski definition) is 3. The summed E-state index contributed by atoms with van der Waals surface area (Å²) < 4.78 is 5.12. The standard InChI is InChI=1S/C40H27N3S/c1-3-13-26(14-4-1)32-25-33(42-40(41-32)27-15-5-2-6-16-27)30-20-12-22-35-38(30)31-18-7-9-21-34(31)43(35)36-23-11-19-29-28-17-8-10-24-37(28)44-39(29)36/h1-6,8,10-25H,7,9H2. The van der Waals surface area contributed by atoms with E-state index in [2.05, 4.69) is 120 Å². The molecule has 0 amide bonds. The van der Waals surface area contributed by atoms with E-state index in [-0.39, 0.29) is 0 Å². The molecule has 0 fully saturated rings. The third kappa shape index (κ3) is 3.95. The van der Waals surface area contributed by atoms with Crippen molar-refractivity contribution < 1.29 is 0 Å². The third-order valence-corrected chi connectivity index (χ3v) is 9.86. The monoisotopic (exact) mass is 581 g/mol.